The molecule has 1 aromatic rings. The molecular weight excluding hydrogens is 268 g/mol. The minimum Gasteiger partial charge on any atom is -0.495 e. The van der Waals surface area contributed by atoms with E-state index < -0.39 is 0 Å². The normalized spacial score (nSPS) is 11.7. The number of amides is 2. The van der Waals surface area contributed by atoms with Gasteiger partial charge in [0.15, 0.2) is 0 Å². The van der Waals surface area contributed by atoms with E-state index in [0.29, 0.717) is 11.4 Å². The quantitative estimate of drug-likeness (QED) is 0.876. The summed E-state index contributed by atoms with van der Waals surface area (Å²) in [7, 11) is 1.56. The first-order valence-corrected chi connectivity index (χ1v) is 7.10. The SMILES string of the molecule is CCC(C)N(CC(=O)Nc1cc(C)ccc1OC)C(C)=O. The Morgan fingerprint density at radius 2 is 2.05 bits per heavy atom. The van der Waals surface area contributed by atoms with Gasteiger partial charge in [-0.15, -0.1) is 0 Å². The number of carbonyl (C=O) groups excluding carboxylic acids is 2. The molecule has 0 aliphatic rings. The minimum atomic E-state index is -0.227. The van der Waals surface area contributed by atoms with E-state index in [1.807, 2.05) is 39.0 Å². The molecule has 0 aliphatic heterocycles. The van der Waals surface area contributed by atoms with Crippen molar-refractivity contribution in [2.45, 2.75) is 40.2 Å². The largest absolute Gasteiger partial charge is 0.495 e. The first-order valence-electron chi connectivity index (χ1n) is 7.10. The van der Waals surface area contributed by atoms with Gasteiger partial charge in [0.1, 0.15) is 12.3 Å². The second-order valence-corrected chi connectivity index (χ2v) is 5.16. The average Bonchev–Trinajstić information content (AvgIpc) is 2.44. The summed E-state index contributed by atoms with van der Waals surface area (Å²) in [6.45, 7) is 7.38. The van der Waals surface area contributed by atoms with E-state index in [4.69, 9.17) is 4.74 Å². The summed E-state index contributed by atoms with van der Waals surface area (Å²) in [5, 5.41) is 2.81. The molecule has 0 heterocycles. The van der Waals surface area contributed by atoms with Crippen LogP contribution in [-0.2, 0) is 9.59 Å². The van der Waals surface area contributed by atoms with E-state index >= 15 is 0 Å². The van der Waals surface area contributed by atoms with Crippen molar-refractivity contribution in [3.8, 4) is 5.75 Å². The Morgan fingerprint density at radius 3 is 2.57 bits per heavy atom. The molecular formula is C16H24N2O3. The van der Waals surface area contributed by atoms with Gasteiger partial charge in [-0.25, -0.2) is 0 Å². The highest BCUT2D eigenvalue weighted by atomic mass is 16.5. The maximum absolute atomic E-state index is 12.2. The van der Waals surface area contributed by atoms with Crippen LogP contribution in [0.2, 0.25) is 0 Å². The number of methoxy groups -OCH3 is 1. The predicted octanol–water partition coefficient (Wildman–Crippen LogP) is 2.59. The number of hydrogen-bond donors (Lipinski definition) is 1. The van der Waals surface area contributed by atoms with E-state index in [0.717, 1.165) is 12.0 Å². The van der Waals surface area contributed by atoms with Gasteiger partial charge >= 0.3 is 0 Å². The van der Waals surface area contributed by atoms with Gasteiger partial charge in [-0.3, -0.25) is 9.59 Å². The molecule has 0 saturated heterocycles. The monoisotopic (exact) mass is 292 g/mol. The number of anilines is 1. The maximum atomic E-state index is 12.2. The predicted molar refractivity (Wildman–Crippen MR) is 83.5 cm³/mol. The second kappa shape index (κ2) is 7.67. The maximum Gasteiger partial charge on any atom is 0.244 e. The average molecular weight is 292 g/mol. The summed E-state index contributed by atoms with van der Waals surface area (Å²) in [5.41, 5.74) is 1.65. The van der Waals surface area contributed by atoms with Crippen LogP contribution in [0, 0.1) is 6.92 Å². The van der Waals surface area contributed by atoms with Crippen molar-refractivity contribution in [1.82, 2.24) is 4.90 Å². The first kappa shape index (κ1) is 17.0. The summed E-state index contributed by atoms with van der Waals surface area (Å²) >= 11 is 0. The molecule has 0 bridgehead atoms. The highest BCUT2D eigenvalue weighted by Crippen LogP contribution is 2.25. The topological polar surface area (TPSA) is 58.6 Å². The molecule has 1 unspecified atom stereocenters. The van der Waals surface area contributed by atoms with E-state index in [1.54, 1.807) is 12.0 Å². The first-order chi connectivity index (χ1) is 9.88. The van der Waals surface area contributed by atoms with Gasteiger partial charge in [-0.1, -0.05) is 13.0 Å². The molecule has 116 valence electrons. The molecule has 21 heavy (non-hydrogen) atoms. The van der Waals surface area contributed by atoms with E-state index in [2.05, 4.69) is 5.32 Å². The number of ether oxygens (including phenoxy) is 1. The zero-order valence-electron chi connectivity index (χ0n) is 13.4. The zero-order valence-corrected chi connectivity index (χ0v) is 13.4. The summed E-state index contributed by atoms with van der Waals surface area (Å²) in [4.78, 5) is 25.4. The fourth-order valence-corrected chi connectivity index (χ4v) is 2.06. The summed E-state index contributed by atoms with van der Waals surface area (Å²) in [6, 6.07) is 5.60. The zero-order chi connectivity index (χ0) is 16.0. The molecule has 5 nitrogen and oxygen atoms in total. The van der Waals surface area contributed by atoms with Crippen LogP contribution in [-0.4, -0.2) is 36.4 Å². The lowest BCUT2D eigenvalue weighted by Gasteiger charge is -2.26. The van der Waals surface area contributed by atoms with Gasteiger partial charge in [-0.2, -0.15) is 0 Å². The number of rotatable bonds is 6. The number of nitrogens with one attached hydrogen (secondary N) is 1. The van der Waals surface area contributed by atoms with E-state index in [9.17, 15) is 9.59 Å². The van der Waals surface area contributed by atoms with Gasteiger partial charge < -0.3 is 15.0 Å². The van der Waals surface area contributed by atoms with Crippen LogP contribution in [0.15, 0.2) is 18.2 Å². The summed E-state index contributed by atoms with van der Waals surface area (Å²) < 4.78 is 5.23. The van der Waals surface area contributed by atoms with Gasteiger partial charge in [-0.05, 0) is 38.0 Å². The Hall–Kier alpha value is -2.04. The molecule has 0 radical (unpaired) electrons. The van der Waals surface area contributed by atoms with Crippen molar-refractivity contribution in [2.24, 2.45) is 0 Å². The molecule has 0 saturated carbocycles. The molecule has 0 spiro atoms. The van der Waals surface area contributed by atoms with Crippen molar-refractivity contribution >= 4 is 17.5 Å². The van der Waals surface area contributed by atoms with Crippen molar-refractivity contribution in [3.63, 3.8) is 0 Å². The Labute approximate surface area is 126 Å². The number of carbonyl (C=O) groups is 2. The smallest absolute Gasteiger partial charge is 0.244 e. The van der Waals surface area contributed by atoms with Crippen LogP contribution in [0.25, 0.3) is 0 Å². The van der Waals surface area contributed by atoms with E-state index in [-0.39, 0.29) is 24.4 Å². The molecule has 0 aromatic heterocycles. The van der Waals surface area contributed by atoms with E-state index in [1.165, 1.54) is 6.92 Å². The molecule has 0 aliphatic carbocycles. The number of benzene rings is 1. The molecule has 1 aromatic carbocycles. The van der Waals surface area contributed by atoms with Crippen molar-refractivity contribution in [1.29, 1.82) is 0 Å². The Kier molecular flexibility index (Phi) is 6.21. The fourth-order valence-electron chi connectivity index (χ4n) is 2.06. The van der Waals surface area contributed by atoms with Crippen molar-refractivity contribution in [3.05, 3.63) is 23.8 Å². The molecule has 2 amide bonds. The molecule has 0 fully saturated rings. The van der Waals surface area contributed by atoms with Gasteiger partial charge in [0.25, 0.3) is 0 Å². The summed E-state index contributed by atoms with van der Waals surface area (Å²) in [5.74, 6) is 0.275. The summed E-state index contributed by atoms with van der Waals surface area (Å²) in [6.07, 6.45) is 0.806. The van der Waals surface area contributed by atoms with Gasteiger partial charge in [0.2, 0.25) is 11.8 Å². The number of hydrogen-bond acceptors (Lipinski definition) is 3. The highest BCUT2D eigenvalue weighted by Gasteiger charge is 2.19. The molecule has 5 heteroatoms. The third-order valence-electron chi connectivity index (χ3n) is 3.47. The van der Waals surface area contributed by atoms with Crippen LogP contribution in [0.3, 0.4) is 0 Å². The van der Waals surface area contributed by atoms with Crippen LogP contribution < -0.4 is 10.1 Å². The molecule has 1 N–H and O–H groups in total. The standard InChI is InChI=1S/C16H24N2O3/c1-6-12(3)18(13(4)19)10-16(20)17-14-9-11(2)7-8-15(14)21-5/h7-9,12H,6,10H2,1-5H3,(H,17,20). The number of aryl methyl sites for hydroxylation is 1. The third-order valence-corrected chi connectivity index (χ3v) is 3.47. The Morgan fingerprint density at radius 1 is 1.38 bits per heavy atom. The minimum absolute atomic E-state index is 0.0349. The van der Waals surface area contributed by atoms with Crippen molar-refractivity contribution < 1.29 is 14.3 Å². The van der Waals surface area contributed by atoms with Crippen LogP contribution >= 0.6 is 0 Å². The van der Waals surface area contributed by atoms with Gasteiger partial charge in [0, 0.05) is 13.0 Å². The van der Waals surface area contributed by atoms with Gasteiger partial charge in [0.05, 0.1) is 12.8 Å². The Balaban J connectivity index is 2.81. The molecule has 1 rings (SSSR count). The highest BCUT2D eigenvalue weighted by molar-refractivity contribution is 5.95. The third kappa shape index (κ3) is 4.77. The van der Waals surface area contributed by atoms with Crippen LogP contribution in [0.4, 0.5) is 5.69 Å². The fraction of sp³-hybridized carbons (Fsp3) is 0.500. The lowest BCUT2D eigenvalue weighted by Crippen LogP contribution is -2.42. The second-order valence-electron chi connectivity index (χ2n) is 5.16. The Bertz CT molecular complexity index is 514. The lowest BCUT2D eigenvalue weighted by atomic mass is 10.2. The number of nitrogens with zero attached hydrogens (tertiary/aromatic N) is 1. The lowest BCUT2D eigenvalue weighted by molar-refractivity contribution is -0.134. The van der Waals surface area contributed by atoms with Crippen LogP contribution in [0.1, 0.15) is 32.8 Å². The molecule has 1 atom stereocenters. The van der Waals surface area contributed by atoms with Crippen molar-refractivity contribution in [2.75, 3.05) is 19.0 Å². The van der Waals surface area contributed by atoms with Crippen LogP contribution in [0.5, 0.6) is 5.75 Å².